The summed E-state index contributed by atoms with van der Waals surface area (Å²) in [6.07, 6.45) is 71.2. The van der Waals surface area contributed by atoms with E-state index in [4.69, 9.17) is 14.2 Å². The fourth-order valence-corrected chi connectivity index (χ4v) is 10.4. The van der Waals surface area contributed by atoms with Crippen LogP contribution >= 0.6 is 0 Å². The van der Waals surface area contributed by atoms with Crippen molar-refractivity contribution >= 4 is 17.9 Å². The standard InChI is InChI=1S/C66H128O6/c1-4-7-10-13-16-19-22-25-27-29-31-33-35-37-39-41-44-47-50-53-56-59-65(68)71-62-63(61-70-64(67)58-55-52-49-46-43-24-21-18-15-12-9-6-3)72-66(69)60-57-54-51-48-45-42-40-38-36-34-32-30-28-26-23-20-17-14-11-8-5-2/h63H,4-62H2,1-3H3/t63-/m0/s1. The summed E-state index contributed by atoms with van der Waals surface area (Å²) in [6, 6.07) is 0. The Morgan fingerprint density at radius 1 is 0.222 bits per heavy atom. The molecule has 0 radical (unpaired) electrons. The van der Waals surface area contributed by atoms with E-state index in [2.05, 4.69) is 20.8 Å². The molecule has 0 aliphatic rings. The molecule has 0 unspecified atom stereocenters. The third kappa shape index (κ3) is 59.3. The number of carbonyl (C=O) groups excluding carboxylic acids is 3. The van der Waals surface area contributed by atoms with Crippen LogP contribution in [0.3, 0.4) is 0 Å². The Labute approximate surface area is 450 Å². The zero-order valence-electron chi connectivity index (χ0n) is 49.2. The molecule has 0 N–H and O–H groups in total. The second-order valence-corrected chi connectivity index (χ2v) is 22.8. The predicted octanol–water partition coefficient (Wildman–Crippen LogP) is 22.3. The van der Waals surface area contributed by atoms with E-state index in [0.29, 0.717) is 19.3 Å². The maximum Gasteiger partial charge on any atom is 0.306 e. The summed E-state index contributed by atoms with van der Waals surface area (Å²) in [5.74, 6) is -0.824. The Morgan fingerprint density at radius 2 is 0.375 bits per heavy atom. The third-order valence-corrected chi connectivity index (χ3v) is 15.4. The number of rotatable bonds is 62. The van der Waals surface area contributed by atoms with Crippen molar-refractivity contribution in [1.29, 1.82) is 0 Å². The van der Waals surface area contributed by atoms with Gasteiger partial charge in [0.1, 0.15) is 13.2 Å². The van der Waals surface area contributed by atoms with E-state index in [1.165, 1.54) is 289 Å². The van der Waals surface area contributed by atoms with E-state index in [1.807, 2.05) is 0 Å². The number of unbranched alkanes of at least 4 members (excludes halogenated alkanes) is 51. The van der Waals surface area contributed by atoms with Crippen molar-refractivity contribution in [2.45, 2.75) is 393 Å². The summed E-state index contributed by atoms with van der Waals surface area (Å²) in [6.45, 7) is 6.73. The molecule has 0 spiro atoms. The summed E-state index contributed by atoms with van der Waals surface area (Å²) in [5.41, 5.74) is 0. The molecule has 6 nitrogen and oxygen atoms in total. The lowest BCUT2D eigenvalue weighted by atomic mass is 10.0. The molecule has 0 rings (SSSR count). The van der Waals surface area contributed by atoms with Gasteiger partial charge in [0.25, 0.3) is 0 Å². The monoisotopic (exact) mass is 1020 g/mol. The molecular formula is C66H128O6. The van der Waals surface area contributed by atoms with Crippen LogP contribution < -0.4 is 0 Å². The summed E-state index contributed by atoms with van der Waals surface area (Å²) in [4.78, 5) is 38.3. The van der Waals surface area contributed by atoms with Gasteiger partial charge in [0, 0.05) is 19.3 Å². The SMILES string of the molecule is CCCCCCCCCCCCCCCCCCCCCCCC(=O)OC[C@H](COC(=O)CCCCCCCCCCCCCC)OC(=O)CCCCCCCCCCCCCCCCCCCCCCC. The Kier molecular flexibility index (Phi) is 60.6. The van der Waals surface area contributed by atoms with Gasteiger partial charge in [-0.05, 0) is 19.3 Å². The lowest BCUT2D eigenvalue weighted by molar-refractivity contribution is -0.167. The van der Waals surface area contributed by atoms with Crippen LogP contribution in [0.2, 0.25) is 0 Å². The minimum Gasteiger partial charge on any atom is -0.462 e. The van der Waals surface area contributed by atoms with E-state index >= 15 is 0 Å². The lowest BCUT2D eigenvalue weighted by Crippen LogP contribution is -2.30. The molecule has 0 aliphatic carbocycles. The number of hydrogen-bond acceptors (Lipinski definition) is 6. The highest BCUT2D eigenvalue weighted by atomic mass is 16.6. The summed E-state index contributed by atoms with van der Waals surface area (Å²) >= 11 is 0. The van der Waals surface area contributed by atoms with Gasteiger partial charge in [0.2, 0.25) is 0 Å². The number of hydrogen-bond donors (Lipinski definition) is 0. The minimum atomic E-state index is -0.762. The second kappa shape index (κ2) is 62.0. The summed E-state index contributed by atoms with van der Waals surface area (Å²) < 4.78 is 17.0. The van der Waals surface area contributed by atoms with Crippen molar-refractivity contribution in [2.75, 3.05) is 13.2 Å². The lowest BCUT2D eigenvalue weighted by Gasteiger charge is -2.18. The van der Waals surface area contributed by atoms with Gasteiger partial charge in [-0.25, -0.2) is 0 Å². The quantitative estimate of drug-likeness (QED) is 0.0343. The maximum atomic E-state index is 12.9. The van der Waals surface area contributed by atoms with Crippen LogP contribution in [0.5, 0.6) is 0 Å². The smallest absolute Gasteiger partial charge is 0.306 e. The largest absolute Gasteiger partial charge is 0.462 e. The molecule has 72 heavy (non-hydrogen) atoms. The molecule has 0 aromatic carbocycles. The highest BCUT2D eigenvalue weighted by Gasteiger charge is 2.19. The van der Waals surface area contributed by atoms with Crippen LogP contribution in [-0.4, -0.2) is 37.2 Å². The van der Waals surface area contributed by atoms with E-state index in [-0.39, 0.29) is 31.1 Å². The van der Waals surface area contributed by atoms with Crippen molar-refractivity contribution in [2.24, 2.45) is 0 Å². The fraction of sp³-hybridized carbons (Fsp3) is 0.955. The number of ether oxygens (including phenoxy) is 3. The van der Waals surface area contributed by atoms with Crippen molar-refractivity contribution in [3.63, 3.8) is 0 Å². The van der Waals surface area contributed by atoms with Crippen LogP contribution in [-0.2, 0) is 28.6 Å². The zero-order valence-corrected chi connectivity index (χ0v) is 49.2. The van der Waals surface area contributed by atoms with Gasteiger partial charge in [-0.2, -0.15) is 0 Å². The molecule has 428 valence electrons. The molecule has 0 aromatic heterocycles. The van der Waals surface area contributed by atoms with Crippen molar-refractivity contribution in [1.82, 2.24) is 0 Å². The van der Waals surface area contributed by atoms with Crippen LogP contribution in [0.25, 0.3) is 0 Å². The van der Waals surface area contributed by atoms with Crippen molar-refractivity contribution < 1.29 is 28.6 Å². The van der Waals surface area contributed by atoms with E-state index in [9.17, 15) is 14.4 Å². The maximum absolute atomic E-state index is 12.9. The Balaban J connectivity index is 4.21. The van der Waals surface area contributed by atoms with Gasteiger partial charge >= 0.3 is 17.9 Å². The number of carbonyl (C=O) groups is 3. The zero-order chi connectivity index (χ0) is 52.2. The molecule has 6 heteroatoms. The van der Waals surface area contributed by atoms with E-state index < -0.39 is 6.10 Å². The first kappa shape index (κ1) is 70.4. The fourth-order valence-electron chi connectivity index (χ4n) is 10.4. The molecule has 0 fully saturated rings. The first-order valence-corrected chi connectivity index (χ1v) is 33.0. The first-order valence-electron chi connectivity index (χ1n) is 33.0. The van der Waals surface area contributed by atoms with Crippen molar-refractivity contribution in [3.8, 4) is 0 Å². The molecule has 0 aliphatic heterocycles. The van der Waals surface area contributed by atoms with Crippen LogP contribution in [0.15, 0.2) is 0 Å². The Morgan fingerprint density at radius 3 is 0.556 bits per heavy atom. The predicted molar refractivity (Wildman–Crippen MR) is 312 cm³/mol. The van der Waals surface area contributed by atoms with Crippen molar-refractivity contribution in [3.05, 3.63) is 0 Å². The van der Waals surface area contributed by atoms with Crippen LogP contribution in [0, 0.1) is 0 Å². The Hall–Kier alpha value is -1.59. The van der Waals surface area contributed by atoms with Gasteiger partial charge in [-0.15, -0.1) is 0 Å². The van der Waals surface area contributed by atoms with Gasteiger partial charge in [-0.3, -0.25) is 14.4 Å². The van der Waals surface area contributed by atoms with Gasteiger partial charge in [-0.1, -0.05) is 348 Å². The number of esters is 3. The van der Waals surface area contributed by atoms with E-state index in [1.54, 1.807) is 0 Å². The van der Waals surface area contributed by atoms with Gasteiger partial charge in [0.05, 0.1) is 0 Å². The Bertz CT molecular complexity index is 1080. The molecule has 0 heterocycles. The second-order valence-electron chi connectivity index (χ2n) is 22.8. The minimum absolute atomic E-state index is 0.0605. The highest BCUT2D eigenvalue weighted by molar-refractivity contribution is 5.71. The van der Waals surface area contributed by atoms with Crippen LogP contribution in [0.4, 0.5) is 0 Å². The molecule has 0 aromatic rings. The molecule has 1 atom stereocenters. The molecular weight excluding hydrogens is 889 g/mol. The molecule has 0 saturated heterocycles. The summed E-state index contributed by atoms with van der Waals surface area (Å²) in [5, 5.41) is 0. The average molecular weight is 1020 g/mol. The first-order chi connectivity index (χ1) is 35.5. The van der Waals surface area contributed by atoms with Gasteiger partial charge in [0.15, 0.2) is 6.10 Å². The normalized spacial score (nSPS) is 11.9. The van der Waals surface area contributed by atoms with Gasteiger partial charge < -0.3 is 14.2 Å². The average Bonchev–Trinajstić information content (AvgIpc) is 3.38. The molecule has 0 bridgehead atoms. The van der Waals surface area contributed by atoms with E-state index in [0.717, 1.165) is 57.8 Å². The third-order valence-electron chi connectivity index (χ3n) is 15.4. The molecule has 0 amide bonds. The highest BCUT2D eigenvalue weighted by Crippen LogP contribution is 2.19. The molecule has 0 saturated carbocycles. The van der Waals surface area contributed by atoms with Crippen LogP contribution in [0.1, 0.15) is 387 Å². The topological polar surface area (TPSA) is 78.9 Å². The summed E-state index contributed by atoms with van der Waals surface area (Å²) in [7, 11) is 0.